The van der Waals surface area contributed by atoms with Gasteiger partial charge in [0, 0.05) is 31.1 Å². The molecule has 1 aromatic heterocycles. The topological polar surface area (TPSA) is 61.0 Å². The highest BCUT2D eigenvalue weighted by Crippen LogP contribution is 2.21. The standard InChI is InChI=1S/C16H28N4O/c1-5-13-18-14(10-15(21)19-13)20-8-6-12(7-9-20)11-17-16(2,3)4/h10,12,17H,5-9,11H2,1-4H3,(H,18,19,21). The molecular weight excluding hydrogens is 264 g/mol. The fourth-order valence-corrected chi connectivity index (χ4v) is 2.64. The number of hydrogen-bond donors (Lipinski definition) is 2. The molecule has 2 heterocycles. The van der Waals surface area contributed by atoms with E-state index >= 15 is 0 Å². The molecule has 0 amide bonds. The first-order valence-corrected chi connectivity index (χ1v) is 7.97. The third-order valence-corrected chi connectivity index (χ3v) is 3.97. The van der Waals surface area contributed by atoms with Gasteiger partial charge in [0.25, 0.3) is 5.56 Å². The van der Waals surface area contributed by atoms with Crippen LogP contribution in [0, 0.1) is 5.92 Å². The molecule has 0 bridgehead atoms. The van der Waals surface area contributed by atoms with E-state index in [1.807, 2.05) is 6.92 Å². The molecule has 1 aliphatic heterocycles. The number of aromatic nitrogens is 2. The molecule has 5 nitrogen and oxygen atoms in total. The number of aryl methyl sites for hydroxylation is 1. The van der Waals surface area contributed by atoms with Crippen molar-refractivity contribution < 1.29 is 0 Å². The lowest BCUT2D eigenvalue weighted by molar-refractivity contribution is 0.328. The van der Waals surface area contributed by atoms with E-state index in [1.54, 1.807) is 6.07 Å². The summed E-state index contributed by atoms with van der Waals surface area (Å²) in [6, 6.07) is 1.62. The maximum Gasteiger partial charge on any atom is 0.252 e. The van der Waals surface area contributed by atoms with Crippen molar-refractivity contribution in [3.05, 3.63) is 22.2 Å². The zero-order valence-electron chi connectivity index (χ0n) is 13.7. The second kappa shape index (κ2) is 6.60. The molecule has 2 rings (SSSR count). The predicted octanol–water partition coefficient (Wildman–Crippen LogP) is 1.94. The minimum absolute atomic E-state index is 0.0478. The molecule has 21 heavy (non-hydrogen) atoms. The van der Waals surface area contributed by atoms with Crippen LogP contribution in [0.2, 0.25) is 0 Å². The third-order valence-electron chi connectivity index (χ3n) is 3.97. The van der Waals surface area contributed by atoms with Gasteiger partial charge in [0.05, 0.1) is 0 Å². The summed E-state index contributed by atoms with van der Waals surface area (Å²) in [5.41, 5.74) is 0.134. The third kappa shape index (κ3) is 4.84. The fourth-order valence-electron chi connectivity index (χ4n) is 2.64. The van der Waals surface area contributed by atoms with Crippen LogP contribution < -0.4 is 15.8 Å². The largest absolute Gasteiger partial charge is 0.356 e. The molecule has 1 fully saturated rings. The van der Waals surface area contributed by atoms with E-state index < -0.39 is 0 Å². The van der Waals surface area contributed by atoms with Gasteiger partial charge in [-0.1, -0.05) is 6.92 Å². The van der Waals surface area contributed by atoms with E-state index in [0.717, 1.165) is 50.5 Å². The average molecular weight is 292 g/mol. The Balaban J connectivity index is 1.92. The van der Waals surface area contributed by atoms with E-state index in [0.29, 0.717) is 5.92 Å². The predicted molar refractivity (Wildman–Crippen MR) is 86.9 cm³/mol. The minimum Gasteiger partial charge on any atom is -0.356 e. The summed E-state index contributed by atoms with van der Waals surface area (Å²) in [6.07, 6.45) is 3.06. The summed E-state index contributed by atoms with van der Waals surface area (Å²) in [5, 5.41) is 3.58. The molecule has 0 radical (unpaired) electrons. The molecule has 0 saturated carbocycles. The Morgan fingerprint density at radius 2 is 2.05 bits per heavy atom. The Labute approximate surface area is 127 Å². The van der Waals surface area contributed by atoms with Crippen molar-refractivity contribution in [3.63, 3.8) is 0 Å². The number of rotatable bonds is 4. The van der Waals surface area contributed by atoms with Gasteiger partial charge in [0.15, 0.2) is 0 Å². The molecule has 2 N–H and O–H groups in total. The smallest absolute Gasteiger partial charge is 0.252 e. The SMILES string of the molecule is CCc1nc(N2CCC(CNC(C)(C)C)CC2)cc(=O)[nH]1. The van der Waals surface area contributed by atoms with Gasteiger partial charge in [-0.3, -0.25) is 4.79 Å². The van der Waals surface area contributed by atoms with E-state index in [-0.39, 0.29) is 11.1 Å². The monoisotopic (exact) mass is 292 g/mol. The van der Waals surface area contributed by atoms with Gasteiger partial charge in [0.1, 0.15) is 11.6 Å². The second-order valence-corrected chi connectivity index (χ2v) is 6.97. The lowest BCUT2D eigenvalue weighted by Gasteiger charge is -2.34. The molecule has 1 saturated heterocycles. The van der Waals surface area contributed by atoms with Crippen LogP contribution >= 0.6 is 0 Å². The molecule has 0 aliphatic carbocycles. The quantitative estimate of drug-likeness (QED) is 0.890. The number of aromatic amines is 1. The first-order chi connectivity index (χ1) is 9.87. The highest BCUT2D eigenvalue weighted by Gasteiger charge is 2.22. The van der Waals surface area contributed by atoms with Crippen molar-refractivity contribution in [1.29, 1.82) is 0 Å². The van der Waals surface area contributed by atoms with Crippen LogP contribution in [0.1, 0.15) is 46.4 Å². The molecular formula is C16H28N4O. The number of nitrogens with one attached hydrogen (secondary N) is 2. The number of anilines is 1. The average Bonchev–Trinajstić information content (AvgIpc) is 2.44. The molecule has 1 aromatic rings. The van der Waals surface area contributed by atoms with Crippen LogP contribution in [0.25, 0.3) is 0 Å². The van der Waals surface area contributed by atoms with Crippen LogP contribution in [-0.2, 0) is 6.42 Å². The Morgan fingerprint density at radius 1 is 1.38 bits per heavy atom. The zero-order valence-corrected chi connectivity index (χ0v) is 13.7. The van der Waals surface area contributed by atoms with Crippen LogP contribution in [0.4, 0.5) is 5.82 Å². The van der Waals surface area contributed by atoms with Crippen LogP contribution in [-0.4, -0.2) is 35.1 Å². The normalized spacial score (nSPS) is 17.2. The first-order valence-electron chi connectivity index (χ1n) is 7.97. The number of H-pyrrole nitrogens is 1. The van der Waals surface area contributed by atoms with Gasteiger partial charge in [-0.15, -0.1) is 0 Å². The summed E-state index contributed by atoms with van der Waals surface area (Å²) in [4.78, 5) is 21.2. The number of piperidine rings is 1. The van der Waals surface area contributed by atoms with Crippen molar-refractivity contribution >= 4 is 5.82 Å². The molecule has 0 atom stereocenters. The fraction of sp³-hybridized carbons (Fsp3) is 0.750. The van der Waals surface area contributed by atoms with Crippen LogP contribution in [0.3, 0.4) is 0 Å². The van der Waals surface area contributed by atoms with Crippen molar-refractivity contribution in [1.82, 2.24) is 15.3 Å². The van der Waals surface area contributed by atoms with Gasteiger partial charge in [0.2, 0.25) is 0 Å². The summed E-state index contributed by atoms with van der Waals surface area (Å²) >= 11 is 0. The van der Waals surface area contributed by atoms with E-state index in [4.69, 9.17) is 0 Å². The van der Waals surface area contributed by atoms with Crippen molar-refractivity contribution in [2.45, 2.75) is 52.5 Å². The summed E-state index contributed by atoms with van der Waals surface area (Å²) in [7, 11) is 0. The molecule has 118 valence electrons. The van der Waals surface area contributed by atoms with Crippen molar-refractivity contribution in [2.24, 2.45) is 5.92 Å². The van der Waals surface area contributed by atoms with Crippen molar-refractivity contribution in [3.8, 4) is 0 Å². The van der Waals surface area contributed by atoms with Gasteiger partial charge >= 0.3 is 0 Å². The summed E-state index contributed by atoms with van der Waals surface area (Å²) in [6.45, 7) is 11.6. The molecule has 5 heteroatoms. The Kier molecular flexibility index (Phi) is 5.04. The first kappa shape index (κ1) is 16.0. The van der Waals surface area contributed by atoms with E-state index in [9.17, 15) is 4.79 Å². The summed E-state index contributed by atoms with van der Waals surface area (Å²) in [5.74, 6) is 2.32. The second-order valence-electron chi connectivity index (χ2n) is 6.97. The number of hydrogen-bond acceptors (Lipinski definition) is 4. The molecule has 0 aromatic carbocycles. The van der Waals surface area contributed by atoms with Crippen molar-refractivity contribution in [2.75, 3.05) is 24.5 Å². The summed E-state index contributed by atoms with van der Waals surface area (Å²) < 4.78 is 0. The van der Waals surface area contributed by atoms with Gasteiger partial charge in [-0.2, -0.15) is 0 Å². The van der Waals surface area contributed by atoms with E-state index in [1.165, 1.54) is 0 Å². The van der Waals surface area contributed by atoms with E-state index in [2.05, 4.69) is 41.0 Å². The molecule has 0 spiro atoms. The Hall–Kier alpha value is -1.36. The molecule has 1 aliphatic rings. The van der Waals surface area contributed by atoms with Gasteiger partial charge in [-0.05, 0) is 46.1 Å². The lowest BCUT2D eigenvalue weighted by Crippen LogP contribution is -2.43. The highest BCUT2D eigenvalue weighted by molar-refractivity contribution is 5.37. The minimum atomic E-state index is -0.0478. The maximum absolute atomic E-state index is 11.7. The van der Waals surface area contributed by atoms with Gasteiger partial charge in [-0.25, -0.2) is 4.98 Å². The maximum atomic E-state index is 11.7. The van der Waals surface area contributed by atoms with Crippen LogP contribution in [0.15, 0.2) is 10.9 Å². The molecule has 0 unspecified atom stereocenters. The van der Waals surface area contributed by atoms with Crippen LogP contribution in [0.5, 0.6) is 0 Å². The lowest BCUT2D eigenvalue weighted by atomic mass is 9.95. The van der Waals surface area contributed by atoms with Gasteiger partial charge < -0.3 is 15.2 Å². The highest BCUT2D eigenvalue weighted by atomic mass is 16.1. The Bertz CT molecular complexity index is 510. The Morgan fingerprint density at radius 3 is 2.62 bits per heavy atom. The number of nitrogens with zero attached hydrogens (tertiary/aromatic N) is 2. The zero-order chi connectivity index (χ0) is 15.5.